The van der Waals surface area contributed by atoms with Gasteiger partial charge in [-0.2, -0.15) is 12.1 Å². The Morgan fingerprint density at radius 3 is 1.80 bits per heavy atom. The molecule has 0 radical (unpaired) electrons. The Kier molecular flexibility index (Phi) is 16.1. The van der Waals surface area contributed by atoms with E-state index in [1.165, 1.54) is 79.8 Å². The van der Waals surface area contributed by atoms with E-state index in [0.29, 0.717) is 5.92 Å². The zero-order valence-corrected chi connectivity index (χ0v) is 31.9. The Bertz CT molecular complexity index is 1730. The minimum atomic E-state index is 0. The maximum absolute atomic E-state index is 2.42. The van der Waals surface area contributed by atoms with Crippen LogP contribution in [0.5, 0.6) is 0 Å². The number of hydrogen-bond acceptors (Lipinski definition) is 0. The zero-order chi connectivity index (χ0) is 30.1. The summed E-state index contributed by atoms with van der Waals surface area (Å²) in [5.41, 5.74) is 9.70. The predicted molar refractivity (Wildman–Crippen MR) is 185 cm³/mol. The second-order valence-electron chi connectivity index (χ2n) is 11.5. The summed E-state index contributed by atoms with van der Waals surface area (Å²) in [6.07, 6.45) is 3.77. The Labute approximate surface area is 293 Å². The van der Waals surface area contributed by atoms with Gasteiger partial charge in [-0.1, -0.05) is 124 Å². The van der Waals surface area contributed by atoms with Crippen LogP contribution < -0.4 is 24.8 Å². The summed E-state index contributed by atoms with van der Waals surface area (Å²) in [5, 5.41) is 5.52. The van der Waals surface area contributed by atoms with Gasteiger partial charge in [0.1, 0.15) is 0 Å². The van der Waals surface area contributed by atoms with Gasteiger partial charge in [0, 0.05) is 0 Å². The van der Waals surface area contributed by atoms with Crippen LogP contribution in [0.25, 0.3) is 43.8 Å². The quantitative estimate of drug-likeness (QED) is 0.144. The van der Waals surface area contributed by atoms with Gasteiger partial charge in [-0.15, -0.1) is 68.6 Å². The van der Waals surface area contributed by atoms with E-state index in [1.807, 2.05) is 0 Å². The normalized spacial score (nSPS) is 10.9. The molecule has 0 saturated heterocycles. The second kappa shape index (κ2) is 18.7. The van der Waals surface area contributed by atoms with Gasteiger partial charge >= 0.3 is 41.9 Å². The number of hydrogen-bond donors (Lipinski definition) is 0. The molecule has 44 heavy (non-hydrogen) atoms. The third-order valence-electron chi connectivity index (χ3n) is 7.79. The van der Waals surface area contributed by atoms with Crippen LogP contribution in [-0.2, 0) is 23.3 Å². The monoisotopic (exact) mass is 712 g/mol. The SMILES string of the molecule is CCCC(CC)c1cc2c(-c3ccccc3)cccc2[cH-]1.C[Si](C)=[Zr+2].Cc1cc2c(-c3ccccc3)ccc(C)c2[cH-]1.[Cl-].[Cl-]. The third-order valence-corrected chi connectivity index (χ3v) is 7.79. The molecule has 6 aromatic carbocycles. The van der Waals surface area contributed by atoms with Crippen LogP contribution in [0.4, 0.5) is 0 Å². The van der Waals surface area contributed by atoms with Crippen LogP contribution in [-0.4, -0.2) is 5.43 Å². The molecule has 0 N–H and O–H groups in total. The first-order valence-electron chi connectivity index (χ1n) is 15.3. The van der Waals surface area contributed by atoms with Gasteiger partial charge in [0.2, 0.25) is 0 Å². The molecule has 0 saturated carbocycles. The largest absolute Gasteiger partial charge is 1.00 e. The molecule has 0 bridgehead atoms. The molecule has 1 unspecified atom stereocenters. The van der Waals surface area contributed by atoms with Crippen LogP contribution in [0.2, 0.25) is 13.1 Å². The van der Waals surface area contributed by atoms with E-state index in [2.05, 4.69) is 156 Å². The topological polar surface area (TPSA) is 0 Å². The van der Waals surface area contributed by atoms with E-state index in [-0.39, 0.29) is 30.2 Å². The maximum Gasteiger partial charge on any atom is -0.0279 e. The first-order valence-corrected chi connectivity index (χ1v) is 21.5. The van der Waals surface area contributed by atoms with E-state index in [1.54, 1.807) is 23.3 Å². The van der Waals surface area contributed by atoms with Crippen molar-refractivity contribution in [2.75, 3.05) is 0 Å². The summed E-state index contributed by atoms with van der Waals surface area (Å²) in [6.45, 7) is 13.5. The van der Waals surface area contributed by atoms with Crippen molar-refractivity contribution in [3.8, 4) is 22.3 Å². The van der Waals surface area contributed by atoms with E-state index >= 15 is 0 Å². The van der Waals surface area contributed by atoms with Gasteiger partial charge in [0.15, 0.2) is 0 Å². The number of benzene rings is 4. The average molecular weight is 715 g/mol. The van der Waals surface area contributed by atoms with Gasteiger partial charge in [-0.05, 0) is 23.5 Å². The summed E-state index contributed by atoms with van der Waals surface area (Å²) in [6, 6.07) is 41.8. The van der Waals surface area contributed by atoms with Crippen molar-refractivity contribution in [2.45, 2.75) is 66.0 Å². The predicted octanol–water partition coefficient (Wildman–Crippen LogP) is 6.15. The first-order chi connectivity index (χ1) is 20.3. The second-order valence-corrected chi connectivity index (χ2v) is 20.9. The Hall–Kier alpha value is -2.22. The Balaban J connectivity index is 0.000000267. The maximum atomic E-state index is 2.42. The van der Waals surface area contributed by atoms with E-state index in [9.17, 15) is 0 Å². The number of aryl methyl sites for hydroxylation is 2. The number of halogens is 2. The fraction of sp³-hybridized carbons (Fsp3) is 0.250. The van der Waals surface area contributed by atoms with Crippen LogP contribution in [0.1, 0.15) is 55.7 Å². The fourth-order valence-corrected chi connectivity index (χ4v) is 5.78. The zero-order valence-electron chi connectivity index (χ0n) is 26.9. The van der Waals surface area contributed by atoms with Gasteiger partial charge in [0.25, 0.3) is 0 Å². The molecule has 0 aromatic heterocycles. The molecule has 0 fully saturated rings. The van der Waals surface area contributed by atoms with Crippen LogP contribution in [0, 0.1) is 13.8 Å². The van der Waals surface area contributed by atoms with E-state index in [0.717, 1.165) is 0 Å². The van der Waals surface area contributed by atoms with Crippen molar-refractivity contribution in [1.29, 1.82) is 0 Å². The molecule has 0 aliphatic heterocycles. The van der Waals surface area contributed by atoms with Crippen molar-refractivity contribution in [2.24, 2.45) is 0 Å². The molecular formula is C40H44Cl2SiZr-2. The molecule has 0 amide bonds. The molecular weight excluding hydrogens is 671 g/mol. The molecule has 1 atom stereocenters. The Morgan fingerprint density at radius 2 is 1.25 bits per heavy atom. The summed E-state index contributed by atoms with van der Waals surface area (Å²) in [4.78, 5) is 0. The Morgan fingerprint density at radius 1 is 0.682 bits per heavy atom. The molecule has 6 aromatic rings. The van der Waals surface area contributed by atoms with Gasteiger partial charge < -0.3 is 24.8 Å². The number of fused-ring (bicyclic) bond motifs is 2. The first kappa shape index (κ1) is 38.0. The van der Waals surface area contributed by atoms with Crippen LogP contribution >= 0.6 is 0 Å². The van der Waals surface area contributed by atoms with E-state index in [4.69, 9.17) is 0 Å². The molecule has 0 aliphatic rings. The minimum Gasteiger partial charge on any atom is -1.00 e. The van der Waals surface area contributed by atoms with Crippen molar-refractivity contribution in [3.05, 3.63) is 132 Å². The molecule has 0 spiro atoms. The third kappa shape index (κ3) is 9.89. The molecule has 4 heteroatoms. The smallest absolute Gasteiger partial charge is 0.0279 e. The van der Waals surface area contributed by atoms with Crippen molar-refractivity contribution >= 4 is 27.0 Å². The minimum absolute atomic E-state index is 0. The molecule has 0 heterocycles. The number of rotatable bonds is 6. The van der Waals surface area contributed by atoms with Crippen molar-refractivity contribution < 1.29 is 48.1 Å². The van der Waals surface area contributed by atoms with Gasteiger partial charge in [-0.3, -0.25) is 0 Å². The van der Waals surface area contributed by atoms with Crippen molar-refractivity contribution in [1.82, 2.24) is 0 Å². The average Bonchev–Trinajstić information content (AvgIpc) is 3.61. The molecule has 228 valence electrons. The summed E-state index contributed by atoms with van der Waals surface area (Å²) < 4.78 is 0. The van der Waals surface area contributed by atoms with E-state index < -0.39 is 0 Å². The molecule has 0 nitrogen and oxygen atoms in total. The summed E-state index contributed by atoms with van der Waals surface area (Å²) in [7, 11) is 0. The van der Waals surface area contributed by atoms with Crippen LogP contribution in [0.3, 0.4) is 0 Å². The summed E-state index contributed by atoms with van der Waals surface area (Å²) in [5.74, 6) is 0.700. The molecule has 0 aliphatic carbocycles. The van der Waals surface area contributed by atoms with Crippen LogP contribution in [0.15, 0.2) is 115 Å². The van der Waals surface area contributed by atoms with Gasteiger partial charge in [-0.25, -0.2) is 0 Å². The fourth-order valence-electron chi connectivity index (χ4n) is 5.78. The standard InChI is InChI=1S/C21H23.C17H15.C2H6Si.2ClH.Zr/c1-3-9-16(4-2)19-14-18-12-8-13-20(21(18)15-19)17-10-6-5-7-11-17;1-12-10-16-13(2)8-9-15(17(16)11-12)14-6-4-3-5-7-14;1-3-2;;;/h5-8,10-16H,3-4,9H2,1-2H3;3-11H,1-2H3;1-2H3;2*1H;/q2*-1;;;;+2/p-2. The summed E-state index contributed by atoms with van der Waals surface area (Å²) >= 11 is 1.74. The van der Waals surface area contributed by atoms with Crippen molar-refractivity contribution in [3.63, 3.8) is 0 Å². The molecule has 6 rings (SSSR count). The van der Waals surface area contributed by atoms with Gasteiger partial charge in [0.05, 0.1) is 0 Å².